The van der Waals surface area contributed by atoms with Crippen molar-refractivity contribution < 1.29 is 9.53 Å². The third-order valence-corrected chi connectivity index (χ3v) is 5.87. The fourth-order valence-electron chi connectivity index (χ4n) is 2.72. The molecule has 3 aromatic rings. The number of carbonyl (C=O) groups excluding carboxylic acids is 1. The summed E-state index contributed by atoms with van der Waals surface area (Å²) in [4.78, 5) is 12.4. The van der Waals surface area contributed by atoms with Crippen LogP contribution in [-0.2, 0) is 24.4 Å². The first-order valence-electron chi connectivity index (χ1n) is 9.62. The Morgan fingerprint density at radius 1 is 1.23 bits per heavy atom. The van der Waals surface area contributed by atoms with Gasteiger partial charge in [0, 0.05) is 11.6 Å². The molecule has 2 aromatic carbocycles. The van der Waals surface area contributed by atoms with Gasteiger partial charge in [-0.1, -0.05) is 60.1 Å². The van der Waals surface area contributed by atoms with Crippen LogP contribution in [0.3, 0.4) is 0 Å². The van der Waals surface area contributed by atoms with Gasteiger partial charge in [0.25, 0.3) is 0 Å². The Kier molecular flexibility index (Phi) is 8.40. The molecule has 9 heteroatoms. The van der Waals surface area contributed by atoms with Gasteiger partial charge in [-0.3, -0.25) is 9.36 Å². The van der Waals surface area contributed by atoms with Gasteiger partial charge in [-0.05, 0) is 42.3 Å². The molecule has 6 nitrogen and oxygen atoms in total. The summed E-state index contributed by atoms with van der Waals surface area (Å²) >= 11 is 13.3. The van der Waals surface area contributed by atoms with Crippen LogP contribution in [0.4, 0.5) is 5.69 Å². The van der Waals surface area contributed by atoms with Gasteiger partial charge in [0.05, 0.1) is 16.5 Å². The minimum Gasteiger partial charge on any atom is -0.486 e. The lowest BCUT2D eigenvalue weighted by Crippen LogP contribution is -2.15. The average Bonchev–Trinajstić information content (AvgIpc) is 3.15. The van der Waals surface area contributed by atoms with Crippen molar-refractivity contribution >= 4 is 46.6 Å². The van der Waals surface area contributed by atoms with E-state index in [2.05, 4.69) is 29.0 Å². The van der Waals surface area contributed by atoms with Gasteiger partial charge in [-0.15, -0.1) is 16.8 Å². The van der Waals surface area contributed by atoms with Crippen molar-refractivity contribution in [3.8, 4) is 5.75 Å². The molecule has 0 radical (unpaired) electrons. The molecule has 31 heavy (non-hydrogen) atoms. The number of allylic oxidation sites excluding steroid dienone is 1. The van der Waals surface area contributed by atoms with E-state index >= 15 is 0 Å². The summed E-state index contributed by atoms with van der Waals surface area (Å²) in [5, 5.41) is 12.7. The van der Waals surface area contributed by atoms with Crippen molar-refractivity contribution in [2.45, 2.75) is 31.7 Å². The summed E-state index contributed by atoms with van der Waals surface area (Å²) in [5.74, 6) is 1.33. The molecule has 0 fully saturated rings. The highest BCUT2D eigenvalue weighted by molar-refractivity contribution is 7.99. The minimum absolute atomic E-state index is 0.136. The van der Waals surface area contributed by atoms with Crippen LogP contribution in [0.5, 0.6) is 5.75 Å². The predicted molar refractivity (Wildman–Crippen MR) is 126 cm³/mol. The van der Waals surface area contributed by atoms with E-state index in [1.54, 1.807) is 24.3 Å². The fourth-order valence-corrected chi connectivity index (χ4v) is 3.83. The van der Waals surface area contributed by atoms with E-state index in [-0.39, 0.29) is 18.3 Å². The Labute approximate surface area is 195 Å². The lowest BCUT2D eigenvalue weighted by atomic mass is 10.2. The van der Waals surface area contributed by atoms with Crippen LogP contribution in [0.25, 0.3) is 0 Å². The van der Waals surface area contributed by atoms with E-state index in [0.717, 1.165) is 12.2 Å². The van der Waals surface area contributed by atoms with E-state index in [9.17, 15) is 4.79 Å². The molecule has 0 atom stereocenters. The molecule has 0 aliphatic heterocycles. The molecule has 162 valence electrons. The van der Waals surface area contributed by atoms with Crippen molar-refractivity contribution in [3.63, 3.8) is 0 Å². The number of ether oxygens (including phenoxy) is 1. The maximum atomic E-state index is 12.4. The van der Waals surface area contributed by atoms with Crippen LogP contribution >= 0.6 is 35.0 Å². The van der Waals surface area contributed by atoms with Crippen LogP contribution in [0.15, 0.2) is 60.3 Å². The number of rotatable bonds is 10. The van der Waals surface area contributed by atoms with Crippen LogP contribution in [-0.4, -0.2) is 26.4 Å². The number of carbonyl (C=O) groups is 1. The second-order valence-electron chi connectivity index (χ2n) is 6.55. The number of aromatic nitrogens is 3. The molecule has 0 aliphatic carbocycles. The quantitative estimate of drug-likeness (QED) is 0.302. The molecular weight excluding hydrogens is 455 g/mol. The normalized spacial score (nSPS) is 10.7. The summed E-state index contributed by atoms with van der Waals surface area (Å²) in [5.41, 5.74) is 1.72. The average molecular weight is 477 g/mol. The van der Waals surface area contributed by atoms with Crippen LogP contribution < -0.4 is 10.1 Å². The Bertz CT molecular complexity index is 1050. The van der Waals surface area contributed by atoms with Crippen LogP contribution in [0.2, 0.25) is 10.0 Å². The highest BCUT2D eigenvalue weighted by Gasteiger charge is 2.15. The van der Waals surface area contributed by atoms with Crippen molar-refractivity contribution in [1.29, 1.82) is 0 Å². The molecule has 0 aliphatic rings. The molecule has 0 saturated heterocycles. The van der Waals surface area contributed by atoms with Gasteiger partial charge in [0.15, 0.2) is 11.0 Å². The van der Waals surface area contributed by atoms with Crippen LogP contribution in [0.1, 0.15) is 18.3 Å². The number of thioether (sulfide) groups is 1. The number of hydrogen-bond acceptors (Lipinski definition) is 5. The molecule has 0 saturated carbocycles. The summed E-state index contributed by atoms with van der Waals surface area (Å²) in [6.07, 6.45) is 2.73. The highest BCUT2D eigenvalue weighted by Crippen LogP contribution is 2.26. The van der Waals surface area contributed by atoms with E-state index in [1.807, 2.05) is 28.8 Å². The first-order chi connectivity index (χ1) is 15.0. The Morgan fingerprint density at radius 2 is 2.00 bits per heavy atom. The molecule has 1 aromatic heterocycles. The lowest BCUT2D eigenvalue weighted by Gasteiger charge is -2.10. The largest absolute Gasteiger partial charge is 0.486 e. The summed E-state index contributed by atoms with van der Waals surface area (Å²) in [7, 11) is 0. The molecule has 1 heterocycles. The van der Waals surface area contributed by atoms with E-state index < -0.39 is 0 Å². The van der Waals surface area contributed by atoms with Gasteiger partial charge >= 0.3 is 0 Å². The van der Waals surface area contributed by atoms with Gasteiger partial charge in [-0.2, -0.15) is 0 Å². The second-order valence-corrected chi connectivity index (χ2v) is 8.33. The van der Waals surface area contributed by atoms with Crippen molar-refractivity contribution in [3.05, 3.63) is 76.6 Å². The molecule has 0 spiro atoms. The Morgan fingerprint density at radius 3 is 2.71 bits per heavy atom. The molecular formula is C22H22Cl2N4O2S. The Hall–Kier alpha value is -2.48. The number of aryl methyl sites for hydroxylation is 1. The van der Waals surface area contributed by atoms with Gasteiger partial charge in [0.1, 0.15) is 12.4 Å². The maximum absolute atomic E-state index is 12.4. The van der Waals surface area contributed by atoms with Crippen molar-refractivity contribution in [2.75, 3.05) is 11.1 Å². The maximum Gasteiger partial charge on any atom is 0.234 e. The van der Waals surface area contributed by atoms with Gasteiger partial charge < -0.3 is 10.1 Å². The number of benzene rings is 2. The smallest absolute Gasteiger partial charge is 0.234 e. The third kappa shape index (κ3) is 6.50. The zero-order valence-electron chi connectivity index (χ0n) is 17.0. The summed E-state index contributed by atoms with van der Waals surface area (Å²) in [6, 6.07) is 12.9. The zero-order chi connectivity index (χ0) is 22.2. The number of nitrogens with zero attached hydrogens (tertiary/aromatic N) is 3. The number of amides is 1. The first-order valence-corrected chi connectivity index (χ1v) is 11.4. The van der Waals surface area contributed by atoms with Crippen molar-refractivity contribution in [1.82, 2.24) is 14.8 Å². The number of hydrogen-bond donors (Lipinski definition) is 1. The van der Waals surface area contributed by atoms with E-state index in [1.165, 1.54) is 17.3 Å². The molecule has 1 N–H and O–H groups in total. The van der Waals surface area contributed by atoms with E-state index in [4.69, 9.17) is 27.9 Å². The van der Waals surface area contributed by atoms with Gasteiger partial charge in [-0.25, -0.2) is 0 Å². The summed E-state index contributed by atoms with van der Waals surface area (Å²) in [6.45, 7) is 6.66. The van der Waals surface area contributed by atoms with Crippen molar-refractivity contribution in [2.24, 2.45) is 0 Å². The molecule has 1 amide bonds. The molecule has 3 rings (SSSR count). The summed E-state index contributed by atoms with van der Waals surface area (Å²) < 4.78 is 7.72. The number of halogens is 2. The zero-order valence-corrected chi connectivity index (χ0v) is 19.3. The monoisotopic (exact) mass is 476 g/mol. The van der Waals surface area contributed by atoms with Crippen LogP contribution in [0, 0.1) is 0 Å². The first kappa shape index (κ1) is 23.2. The predicted octanol–water partition coefficient (Wildman–Crippen LogP) is 5.64. The SMILES string of the molecule is C=CCn1c(COc2ccc(CC)cc2)nnc1SCC(=O)Nc1cc(Cl)ccc1Cl. The third-order valence-electron chi connectivity index (χ3n) is 4.34. The van der Waals surface area contributed by atoms with E-state index in [0.29, 0.717) is 33.3 Å². The lowest BCUT2D eigenvalue weighted by molar-refractivity contribution is -0.113. The molecule has 0 bridgehead atoms. The molecule has 0 unspecified atom stereocenters. The topological polar surface area (TPSA) is 69.0 Å². The fraction of sp³-hybridized carbons (Fsp3) is 0.227. The number of nitrogens with one attached hydrogen (secondary N) is 1. The minimum atomic E-state index is -0.226. The van der Waals surface area contributed by atoms with Gasteiger partial charge in [0.2, 0.25) is 5.91 Å². The highest BCUT2D eigenvalue weighted by atomic mass is 35.5. The Balaban J connectivity index is 1.61. The number of anilines is 1. The second kappa shape index (κ2) is 11.2. The standard InChI is InChI=1S/C22H22Cl2N4O2S/c1-3-11-28-20(13-30-17-8-5-15(4-2)6-9-17)26-27-22(28)31-14-21(29)25-19-12-16(23)7-10-18(19)24/h3,5-10,12H,1,4,11,13-14H2,2H3,(H,25,29).